The van der Waals surface area contributed by atoms with Crippen LogP contribution in [0.3, 0.4) is 0 Å². The number of hydrogen-bond donors (Lipinski definition) is 2. The van der Waals surface area contributed by atoms with Gasteiger partial charge in [0.15, 0.2) is 0 Å². The number of carbonyl (C=O) groups is 1. The second-order valence-electron chi connectivity index (χ2n) is 5.76. The van der Waals surface area contributed by atoms with Gasteiger partial charge in [0.1, 0.15) is 0 Å². The van der Waals surface area contributed by atoms with Crippen molar-refractivity contribution in [3.63, 3.8) is 0 Å². The van der Waals surface area contributed by atoms with Crippen molar-refractivity contribution in [2.75, 3.05) is 25.6 Å². The van der Waals surface area contributed by atoms with Gasteiger partial charge in [-0.1, -0.05) is 32.4 Å². The van der Waals surface area contributed by atoms with Crippen molar-refractivity contribution in [2.45, 2.75) is 40.2 Å². The molecule has 2 N–H and O–H groups in total. The summed E-state index contributed by atoms with van der Waals surface area (Å²) in [5.74, 6) is 0.277. The number of benzene rings is 1. The summed E-state index contributed by atoms with van der Waals surface area (Å²) in [6.07, 6.45) is 1.02. The molecule has 1 unspecified atom stereocenters. The molecular formula is C17H28N2O2. The summed E-state index contributed by atoms with van der Waals surface area (Å²) in [6.45, 7) is 9.64. The first-order valence-electron chi connectivity index (χ1n) is 7.63. The quantitative estimate of drug-likeness (QED) is 0.773. The molecule has 118 valence electrons. The van der Waals surface area contributed by atoms with Crippen molar-refractivity contribution in [3.8, 4) is 0 Å². The van der Waals surface area contributed by atoms with Crippen LogP contribution in [0.1, 0.15) is 43.1 Å². The fraction of sp³-hybridized carbons (Fsp3) is 0.588. The van der Waals surface area contributed by atoms with E-state index in [-0.39, 0.29) is 11.9 Å². The molecule has 1 aromatic rings. The van der Waals surface area contributed by atoms with Crippen LogP contribution in [-0.2, 0) is 4.74 Å². The number of ether oxygens (including phenoxy) is 1. The second kappa shape index (κ2) is 8.67. The van der Waals surface area contributed by atoms with Crippen LogP contribution in [0.2, 0.25) is 0 Å². The Labute approximate surface area is 128 Å². The monoisotopic (exact) mass is 292 g/mol. The Bertz CT molecular complexity index is 458. The maximum Gasteiger partial charge on any atom is 0.253 e. The second-order valence-corrected chi connectivity index (χ2v) is 5.76. The number of carbonyl (C=O) groups excluding carboxylic acids is 1. The lowest BCUT2D eigenvalue weighted by molar-refractivity contribution is 0.0867. The minimum Gasteiger partial charge on any atom is -0.384 e. The lowest BCUT2D eigenvalue weighted by Gasteiger charge is -2.22. The van der Waals surface area contributed by atoms with E-state index >= 15 is 0 Å². The van der Waals surface area contributed by atoms with Crippen LogP contribution in [-0.4, -0.2) is 32.2 Å². The molecule has 4 nitrogen and oxygen atoms in total. The summed E-state index contributed by atoms with van der Waals surface area (Å²) in [6, 6.07) is 5.93. The molecule has 1 aromatic carbocycles. The zero-order chi connectivity index (χ0) is 15.8. The molecule has 0 heterocycles. The Kier molecular flexibility index (Phi) is 7.23. The van der Waals surface area contributed by atoms with E-state index < -0.39 is 0 Å². The predicted molar refractivity (Wildman–Crippen MR) is 87.9 cm³/mol. The summed E-state index contributed by atoms with van der Waals surface area (Å²) in [5.41, 5.74) is 2.67. The average Bonchev–Trinajstić information content (AvgIpc) is 2.45. The average molecular weight is 292 g/mol. The van der Waals surface area contributed by atoms with Gasteiger partial charge in [0.2, 0.25) is 0 Å². The lowest BCUT2D eigenvalue weighted by Crippen LogP contribution is -2.41. The Hall–Kier alpha value is -1.55. The lowest BCUT2D eigenvalue weighted by atomic mass is 10.0. The number of methoxy groups -OCH3 is 1. The topological polar surface area (TPSA) is 50.4 Å². The highest BCUT2D eigenvalue weighted by Gasteiger charge is 2.19. The van der Waals surface area contributed by atoms with Gasteiger partial charge < -0.3 is 15.4 Å². The van der Waals surface area contributed by atoms with E-state index in [4.69, 9.17) is 4.74 Å². The molecule has 0 radical (unpaired) electrons. The number of nitrogens with one attached hydrogen (secondary N) is 2. The molecule has 0 aliphatic heterocycles. The first-order chi connectivity index (χ1) is 9.99. The third-order valence-corrected chi connectivity index (χ3v) is 3.45. The molecule has 0 spiro atoms. The summed E-state index contributed by atoms with van der Waals surface area (Å²) < 4.78 is 5.19. The maximum atomic E-state index is 12.6. The standard InChI is InChI=1S/C17H28N2O2/c1-6-9-18-15-8-7-13(4)10-14(15)17(20)19-16(11-21-5)12(2)3/h7-8,10,12,16,18H,6,9,11H2,1-5H3,(H,19,20). The minimum absolute atomic E-state index is 0.0158. The number of hydrogen-bond acceptors (Lipinski definition) is 3. The molecule has 0 fully saturated rings. The van der Waals surface area contributed by atoms with Gasteiger partial charge in [0.25, 0.3) is 5.91 Å². The molecule has 0 saturated carbocycles. The van der Waals surface area contributed by atoms with Gasteiger partial charge in [0, 0.05) is 19.3 Å². The van der Waals surface area contributed by atoms with Crippen molar-refractivity contribution in [3.05, 3.63) is 29.3 Å². The van der Waals surface area contributed by atoms with Gasteiger partial charge in [-0.05, 0) is 31.4 Å². The third-order valence-electron chi connectivity index (χ3n) is 3.45. The van der Waals surface area contributed by atoms with E-state index in [0.29, 0.717) is 18.1 Å². The van der Waals surface area contributed by atoms with Crippen LogP contribution in [0.5, 0.6) is 0 Å². The number of aryl methyl sites for hydroxylation is 1. The van der Waals surface area contributed by atoms with Crippen molar-refractivity contribution >= 4 is 11.6 Å². The Balaban J connectivity index is 2.91. The Morgan fingerprint density at radius 2 is 2.05 bits per heavy atom. The number of anilines is 1. The first-order valence-corrected chi connectivity index (χ1v) is 7.63. The van der Waals surface area contributed by atoms with Crippen molar-refractivity contribution in [2.24, 2.45) is 5.92 Å². The fourth-order valence-corrected chi connectivity index (χ4v) is 2.09. The zero-order valence-electron chi connectivity index (χ0n) is 13.8. The van der Waals surface area contributed by atoms with Crippen LogP contribution in [0.25, 0.3) is 0 Å². The first kappa shape index (κ1) is 17.5. The zero-order valence-corrected chi connectivity index (χ0v) is 13.8. The van der Waals surface area contributed by atoms with Crippen molar-refractivity contribution in [1.29, 1.82) is 0 Å². The normalized spacial score (nSPS) is 12.3. The van der Waals surface area contributed by atoms with E-state index in [1.165, 1.54) is 0 Å². The van der Waals surface area contributed by atoms with Gasteiger partial charge in [0.05, 0.1) is 18.2 Å². The van der Waals surface area contributed by atoms with Gasteiger partial charge in [-0.25, -0.2) is 0 Å². The predicted octanol–water partition coefficient (Wildman–Crippen LogP) is 3.22. The minimum atomic E-state index is -0.0481. The third kappa shape index (κ3) is 5.38. The summed E-state index contributed by atoms with van der Waals surface area (Å²) >= 11 is 0. The SMILES string of the molecule is CCCNc1ccc(C)cc1C(=O)NC(COC)C(C)C. The van der Waals surface area contributed by atoms with E-state index in [0.717, 1.165) is 24.2 Å². The molecule has 0 aromatic heterocycles. The molecule has 4 heteroatoms. The molecule has 0 bridgehead atoms. The Morgan fingerprint density at radius 1 is 1.33 bits per heavy atom. The summed E-state index contributed by atoms with van der Waals surface area (Å²) in [5, 5.41) is 6.39. The summed E-state index contributed by atoms with van der Waals surface area (Å²) in [7, 11) is 1.66. The fourth-order valence-electron chi connectivity index (χ4n) is 2.09. The molecule has 0 aliphatic carbocycles. The van der Waals surface area contributed by atoms with E-state index in [1.54, 1.807) is 7.11 Å². The van der Waals surface area contributed by atoms with Crippen LogP contribution in [0.4, 0.5) is 5.69 Å². The smallest absolute Gasteiger partial charge is 0.253 e. The molecule has 1 rings (SSSR count). The molecule has 1 atom stereocenters. The van der Waals surface area contributed by atoms with Crippen LogP contribution >= 0.6 is 0 Å². The maximum absolute atomic E-state index is 12.6. The van der Waals surface area contributed by atoms with E-state index in [9.17, 15) is 4.79 Å². The highest BCUT2D eigenvalue weighted by atomic mass is 16.5. The van der Waals surface area contributed by atoms with E-state index in [2.05, 4.69) is 31.4 Å². The van der Waals surface area contributed by atoms with Crippen LogP contribution < -0.4 is 10.6 Å². The van der Waals surface area contributed by atoms with Gasteiger partial charge >= 0.3 is 0 Å². The summed E-state index contributed by atoms with van der Waals surface area (Å²) in [4.78, 5) is 12.6. The van der Waals surface area contributed by atoms with E-state index in [1.807, 2.05) is 25.1 Å². The van der Waals surface area contributed by atoms with Crippen molar-refractivity contribution in [1.82, 2.24) is 5.32 Å². The number of rotatable bonds is 8. The number of amides is 1. The van der Waals surface area contributed by atoms with Gasteiger partial charge in [-0.2, -0.15) is 0 Å². The Morgan fingerprint density at radius 3 is 2.62 bits per heavy atom. The van der Waals surface area contributed by atoms with Gasteiger partial charge in [-0.3, -0.25) is 4.79 Å². The van der Waals surface area contributed by atoms with Crippen LogP contribution in [0.15, 0.2) is 18.2 Å². The van der Waals surface area contributed by atoms with Crippen molar-refractivity contribution < 1.29 is 9.53 Å². The molecule has 0 saturated heterocycles. The largest absolute Gasteiger partial charge is 0.384 e. The highest BCUT2D eigenvalue weighted by Crippen LogP contribution is 2.18. The molecule has 0 aliphatic rings. The molecule has 1 amide bonds. The van der Waals surface area contributed by atoms with Crippen LogP contribution in [0, 0.1) is 12.8 Å². The molecular weight excluding hydrogens is 264 g/mol. The molecule has 21 heavy (non-hydrogen) atoms. The highest BCUT2D eigenvalue weighted by molar-refractivity contribution is 6.00. The van der Waals surface area contributed by atoms with Gasteiger partial charge in [-0.15, -0.1) is 0 Å².